The third-order valence-electron chi connectivity index (χ3n) is 5.82. The topological polar surface area (TPSA) is 39.2 Å². The molecule has 1 aliphatic carbocycles. The Balaban J connectivity index is 1.87. The molecule has 3 heteroatoms. The highest BCUT2D eigenvalue weighted by Crippen LogP contribution is 2.30. The molecular weight excluding hydrogens is 334 g/mol. The van der Waals surface area contributed by atoms with Crippen molar-refractivity contribution in [2.24, 2.45) is 5.92 Å². The van der Waals surface area contributed by atoms with Crippen molar-refractivity contribution in [1.82, 2.24) is 4.98 Å². The molecule has 1 saturated carbocycles. The Bertz CT molecular complexity index is 832. The summed E-state index contributed by atoms with van der Waals surface area (Å²) in [4.78, 5) is 17.8. The first-order valence-electron chi connectivity index (χ1n) is 10.3. The molecule has 0 N–H and O–H groups in total. The number of hydrogen-bond donors (Lipinski definition) is 0. The van der Waals surface area contributed by atoms with Crippen molar-refractivity contribution < 1.29 is 9.53 Å². The molecule has 0 atom stereocenters. The number of aryl methyl sites for hydroxylation is 1. The van der Waals surface area contributed by atoms with Gasteiger partial charge in [-0.25, -0.2) is 4.98 Å². The van der Waals surface area contributed by atoms with E-state index in [9.17, 15) is 4.79 Å². The van der Waals surface area contributed by atoms with Crippen LogP contribution in [-0.4, -0.2) is 24.0 Å². The summed E-state index contributed by atoms with van der Waals surface area (Å²) in [6.45, 7) is 8.53. The molecule has 1 heterocycles. The molecule has 0 amide bonds. The van der Waals surface area contributed by atoms with Crippen molar-refractivity contribution >= 4 is 22.3 Å². The molecule has 27 heavy (non-hydrogen) atoms. The maximum Gasteiger partial charge on any atom is 0.165 e. The lowest BCUT2D eigenvalue weighted by Gasteiger charge is -2.26. The second-order valence-corrected chi connectivity index (χ2v) is 7.68. The molecule has 0 radical (unpaired) electrons. The van der Waals surface area contributed by atoms with Gasteiger partial charge in [0.1, 0.15) is 0 Å². The number of ether oxygens (including phenoxy) is 1. The van der Waals surface area contributed by atoms with E-state index in [-0.39, 0.29) is 11.7 Å². The Hall–Kier alpha value is -2.00. The molecule has 0 bridgehead atoms. The molecule has 3 rings (SSSR count). The fourth-order valence-corrected chi connectivity index (χ4v) is 4.17. The fourth-order valence-electron chi connectivity index (χ4n) is 4.17. The van der Waals surface area contributed by atoms with Gasteiger partial charge in [-0.15, -0.1) is 0 Å². The highest BCUT2D eigenvalue weighted by Gasteiger charge is 2.27. The van der Waals surface area contributed by atoms with Crippen molar-refractivity contribution in [3.05, 3.63) is 47.7 Å². The van der Waals surface area contributed by atoms with Gasteiger partial charge in [0.15, 0.2) is 5.78 Å². The lowest BCUT2D eigenvalue weighted by Crippen LogP contribution is -2.25. The summed E-state index contributed by atoms with van der Waals surface area (Å²) in [5, 5.41) is 1.05. The van der Waals surface area contributed by atoms with Crippen LogP contribution in [0, 0.1) is 5.92 Å². The average Bonchev–Trinajstić information content (AvgIpc) is 2.72. The van der Waals surface area contributed by atoms with Crippen molar-refractivity contribution in [1.29, 1.82) is 0 Å². The van der Waals surface area contributed by atoms with Crippen LogP contribution in [0.3, 0.4) is 0 Å². The van der Waals surface area contributed by atoms with Gasteiger partial charge in [-0.3, -0.25) is 4.79 Å². The van der Waals surface area contributed by atoms with Crippen LogP contribution in [0.5, 0.6) is 0 Å². The number of carbonyl (C=O) groups excluding carboxylic acids is 1. The van der Waals surface area contributed by atoms with Gasteiger partial charge in [-0.05, 0) is 73.9 Å². The van der Waals surface area contributed by atoms with Gasteiger partial charge in [0.05, 0.1) is 17.3 Å². The summed E-state index contributed by atoms with van der Waals surface area (Å²) in [5.41, 5.74) is 5.10. The number of aromatic nitrogens is 1. The summed E-state index contributed by atoms with van der Waals surface area (Å²) >= 11 is 0. The van der Waals surface area contributed by atoms with Crippen LogP contribution in [0.15, 0.2) is 30.8 Å². The quantitative estimate of drug-likeness (QED) is 0.565. The normalized spacial score (nSPS) is 20.0. The van der Waals surface area contributed by atoms with Gasteiger partial charge in [0.25, 0.3) is 0 Å². The van der Waals surface area contributed by atoms with E-state index in [4.69, 9.17) is 9.72 Å². The third kappa shape index (κ3) is 4.30. The van der Waals surface area contributed by atoms with Crippen LogP contribution in [0.25, 0.3) is 16.5 Å². The molecule has 1 aromatic carbocycles. The minimum Gasteiger partial charge on any atom is -0.381 e. The molecule has 0 aliphatic heterocycles. The number of methoxy groups -OCH3 is 1. The zero-order valence-electron chi connectivity index (χ0n) is 16.9. The van der Waals surface area contributed by atoms with Crippen molar-refractivity contribution in [2.75, 3.05) is 7.11 Å². The number of pyridine rings is 1. The monoisotopic (exact) mass is 365 g/mol. The van der Waals surface area contributed by atoms with Gasteiger partial charge < -0.3 is 4.74 Å². The summed E-state index contributed by atoms with van der Waals surface area (Å²) in [6, 6.07) is 8.15. The van der Waals surface area contributed by atoms with Gasteiger partial charge in [-0.1, -0.05) is 26.8 Å². The maximum absolute atomic E-state index is 13.0. The summed E-state index contributed by atoms with van der Waals surface area (Å²) in [6.07, 6.45) is 7.06. The van der Waals surface area contributed by atoms with E-state index in [0.717, 1.165) is 72.7 Å². The lowest BCUT2D eigenvalue weighted by atomic mass is 9.82. The molecule has 1 fully saturated rings. The molecular formula is C24H31NO2. The minimum atomic E-state index is 0.121. The smallest absolute Gasteiger partial charge is 0.165 e. The predicted octanol–water partition coefficient (Wildman–Crippen LogP) is 6.00. The van der Waals surface area contributed by atoms with Crippen LogP contribution in [0.2, 0.25) is 0 Å². The van der Waals surface area contributed by atoms with Gasteiger partial charge >= 0.3 is 0 Å². The molecule has 144 valence electrons. The van der Waals surface area contributed by atoms with E-state index < -0.39 is 0 Å². The first-order chi connectivity index (χ1) is 13.1. The van der Waals surface area contributed by atoms with E-state index in [1.54, 1.807) is 7.11 Å². The van der Waals surface area contributed by atoms with E-state index in [0.29, 0.717) is 6.10 Å². The predicted molar refractivity (Wildman–Crippen MR) is 112 cm³/mol. The Morgan fingerprint density at radius 1 is 1.19 bits per heavy atom. The minimum absolute atomic E-state index is 0.121. The van der Waals surface area contributed by atoms with Crippen molar-refractivity contribution in [3.63, 3.8) is 0 Å². The Morgan fingerprint density at radius 3 is 2.56 bits per heavy atom. The summed E-state index contributed by atoms with van der Waals surface area (Å²) < 4.78 is 5.43. The molecule has 2 aromatic rings. The van der Waals surface area contributed by atoms with Crippen molar-refractivity contribution in [2.45, 2.75) is 64.9 Å². The molecule has 1 aromatic heterocycles. The first-order valence-corrected chi connectivity index (χ1v) is 10.3. The van der Waals surface area contributed by atoms with Crippen LogP contribution in [0.1, 0.15) is 74.0 Å². The SMILES string of the molecule is C=C(CCC)c1nc2ccc(C(=O)C3CCC(OC)CC3)cc2cc1CC. The lowest BCUT2D eigenvalue weighted by molar-refractivity contribution is 0.0519. The second-order valence-electron chi connectivity index (χ2n) is 7.68. The second kappa shape index (κ2) is 8.79. The number of Topliss-reactive ketones (excluding diaryl/α,β-unsaturated/α-hetero) is 1. The number of fused-ring (bicyclic) bond motifs is 1. The Morgan fingerprint density at radius 2 is 1.93 bits per heavy atom. The van der Waals surface area contributed by atoms with Crippen LogP contribution >= 0.6 is 0 Å². The Kier molecular flexibility index (Phi) is 6.43. The molecule has 0 unspecified atom stereocenters. The molecule has 1 aliphatic rings. The number of hydrogen-bond acceptors (Lipinski definition) is 3. The number of ketones is 1. The number of carbonyl (C=O) groups is 1. The summed E-state index contributed by atoms with van der Waals surface area (Å²) in [5.74, 6) is 0.389. The number of rotatable bonds is 7. The number of benzene rings is 1. The van der Waals surface area contributed by atoms with E-state index >= 15 is 0 Å². The van der Waals surface area contributed by atoms with Gasteiger partial charge in [-0.2, -0.15) is 0 Å². The zero-order chi connectivity index (χ0) is 19.4. The molecule has 0 saturated heterocycles. The van der Waals surface area contributed by atoms with Gasteiger partial charge in [0, 0.05) is 24.0 Å². The maximum atomic E-state index is 13.0. The highest BCUT2D eigenvalue weighted by molar-refractivity contribution is 6.01. The van der Waals surface area contributed by atoms with E-state index in [2.05, 4.69) is 26.5 Å². The van der Waals surface area contributed by atoms with Crippen molar-refractivity contribution in [3.8, 4) is 0 Å². The highest BCUT2D eigenvalue weighted by atomic mass is 16.5. The van der Waals surface area contributed by atoms with Crippen LogP contribution in [-0.2, 0) is 11.2 Å². The van der Waals surface area contributed by atoms with E-state index in [1.807, 2.05) is 18.2 Å². The van der Waals surface area contributed by atoms with Gasteiger partial charge in [0.2, 0.25) is 0 Å². The zero-order valence-corrected chi connectivity index (χ0v) is 16.9. The molecule has 3 nitrogen and oxygen atoms in total. The standard InChI is InChI=1S/C24H31NO2/c1-5-7-16(3)23-17(6-2)14-20-15-19(10-13-22(20)25-23)24(26)18-8-11-21(27-4)12-9-18/h10,13-15,18,21H,3,5-9,11-12H2,1-2,4H3. The van der Waals surface area contributed by atoms with Crippen LogP contribution < -0.4 is 0 Å². The first kappa shape index (κ1) is 19.8. The molecule has 0 spiro atoms. The number of allylic oxidation sites excluding steroid dienone is 1. The van der Waals surface area contributed by atoms with E-state index in [1.165, 1.54) is 5.56 Å². The third-order valence-corrected chi connectivity index (χ3v) is 5.82. The fraction of sp³-hybridized carbons (Fsp3) is 0.500. The Labute approximate surface area is 162 Å². The van der Waals surface area contributed by atoms with Crippen LogP contribution in [0.4, 0.5) is 0 Å². The largest absolute Gasteiger partial charge is 0.381 e. The summed E-state index contributed by atoms with van der Waals surface area (Å²) in [7, 11) is 1.76. The number of nitrogens with zero attached hydrogens (tertiary/aromatic N) is 1. The average molecular weight is 366 g/mol.